The van der Waals surface area contributed by atoms with Gasteiger partial charge in [0.2, 0.25) is 11.8 Å². The molecule has 1 saturated carbocycles. The molecule has 0 aromatic heterocycles. The molecule has 3 atom stereocenters. The van der Waals surface area contributed by atoms with Crippen LogP contribution in [-0.2, 0) is 9.59 Å². The lowest BCUT2D eigenvalue weighted by Crippen LogP contribution is -2.64. The van der Waals surface area contributed by atoms with Crippen molar-refractivity contribution in [3.63, 3.8) is 0 Å². The average molecular weight is 463 g/mol. The van der Waals surface area contributed by atoms with E-state index in [2.05, 4.69) is 10.6 Å². The summed E-state index contributed by atoms with van der Waals surface area (Å²) in [5.41, 5.74) is 5.28. The molecule has 1 aromatic carbocycles. The molecule has 0 bridgehead atoms. The van der Waals surface area contributed by atoms with Crippen molar-refractivity contribution in [1.29, 1.82) is 0 Å². The number of ether oxygens (including phenoxy) is 1. The highest BCUT2D eigenvalue weighted by Gasteiger charge is 2.55. The standard InChI is InChI=1S/C20H28BN4O8/c1-20(22,19(29)24-6-15(26)23-2)9-25-7-10(8-25)32-14-4-3-11-12-5-13(12)21(30,31)33-17(11)16(14)18(27)28/h3-4,10,12-13,30-31H,5-9,22H2,1-2H3,(H,23,26)(H,24,29)(H,27,28)/q-1/t12-,13-,20-/m1/s1. The Labute approximate surface area is 190 Å². The average Bonchev–Trinajstić information content (AvgIpc) is 3.51. The number of hydrogen-bond donors (Lipinski definition) is 6. The number of nitrogens with one attached hydrogen (secondary N) is 2. The van der Waals surface area contributed by atoms with E-state index in [1.165, 1.54) is 7.05 Å². The van der Waals surface area contributed by atoms with Gasteiger partial charge < -0.3 is 40.9 Å². The Bertz CT molecular complexity index is 995. The van der Waals surface area contributed by atoms with Gasteiger partial charge in [-0.05, 0) is 24.5 Å². The Morgan fingerprint density at radius 1 is 1.33 bits per heavy atom. The molecule has 12 nitrogen and oxygen atoms in total. The van der Waals surface area contributed by atoms with Crippen LogP contribution in [-0.4, -0.2) is 89.5 Å². The molecule has 0 spiro atoms. The van der Waals surface area contributed by atoms with E-state index in [9.17, 15) is 29.5 Å². The molecule has 1 saturated heterocycles. The normalized spacial score (nSPS) is 24.8. The number of nitrogens with two attached hydrogens (primary N) is 1. The third kappa shape index (κ3) is 4.49. The number of hydrogen-bond acceptors (Lipinski definition) is 9. The van der Waals surface area contributed by atoms with E-state index in [-0.39, 0.29) is 48.1 Å². The van der Waals surface area contributed by atoms with Crippen molar-refractivity contribution in [2.24, 2.45) is 5.73 Å². The van der Waals surface area contributed by atoms with Crippen LogP contribution in [0.1, 0.15) is 35.2 Å². The van der Waals surface area contributed by atoms with Crippen LogP contribution in [0.5, 0.6) is 11.5 Å². The summed E-state index contributed by atoms with van der Waals surface area (Å²) in [4.78, 5) is 37.4. The lowest BCUT2D eigenvalue weighted by molar-refractivity contribution is -0.130. The highest BCUT2D eigenvalue weighted by Crippen LogP contribution is 2.63. The number of fused-ring (bicyclic) bond motifs is 3. The van der Waals surface area contributed by atoms with Gasteiger partial charge in [0.05, 0.1) is 12.3 Å². The number of benzene rings is 1. The van der Waals surface area contributed by atoms with Gasteiger partial charge >= 0.3 is 12.7 Å². The minimum absolute atomic E-state index is 0.0535. The topological polar surface area (TPSA) is 184 Å². The summed E-state index contributed by atoms with van der Waals surface area (Å²) in [6, 6.07) is 3.27. The Balaban J connectivity index is 1.38. The number of likely N-dealkylation sites (N-methyl/N-ethyl adjacent to an activating group) is 1. The second-order valence-electron chi connectivity index (χ2n) is 9.25. The monoisotopic (exact) mass is 463 g/mol. The Morgan fingerprint density at radius 3 is 2.67 bits per heavy atom. The SMILES string of the molecule is CNC(=O)CNC(=O)[C@](C)(N)CN1CC(Oc2ccc3c(c2C(=O)O)O[B-](O)(O)[C@@H]2C[C@H]32)C1. The molecule has 2 aliphatic heterocycles. The van der Waals surface area contributed by atoms with Crippen LogP contribution >= 0.6 is 0 Å². The van der Waals surface area contributed by atoms with Gasteiger partial charge in [0, 0.05) is 26.7 Å². The fourth-order valence-corrected chi connectivity index (χ4v) is 4.51. The zero-order chi connectivity index (χ0) is 24.1. The van der Waals surface area contributed by atoms with E-state index in [0.717, 1.165) is 0 Å². The number of nitrogens with zero attached hydrogens (tertiary/aromatic N) is 1. The first-order valence-corrected chi connectivity index (χ1v) is 10.8. The van der Waals surface area contributed by atoms with Crippen molar-refractivity contribution in [1.82, 2.24) is 15.5 Å². The number of amides is 2. The predicted octanol–water partition coefficient (Wildman–Crippen LogP) is -1.80. The number of likely N-dealkylation sites (tertiary alicyclic amines) is 1. The van der Waals surface area contributed by atoms with Crippen molar-refractivity contribution in [3.8, 4) is 11.5 Å². The maximum absolute atomic E-state index is 12.3. The van der Waals surface area contributed by atoms with E-state index in [1.54, 1.807) is 19.1 Å². The fraction of sp³-hybridized carbons (Fsp3) is 0.550. The van der Waals surface area contributed by atoms with Gasteiger partial charge in [0.1, 0.15) is 23.0 Å². The molecule has 2 amide bonds. The summed E-state index contributed by atoms with van der Waals surface area (Å²) in [7, 11) is 1.47. The molecule has 3 aliphatic rings. The fourth-order valence-electron chi connectivity index (χ4n) is 4.51. The minimum Gasteiger partial charge on any atom is -0.669 e. The van der Waals surface area contributed by atoms with Crippen LogP contribution in [0.15, 0.2) is 12.1 Å². The number of aromatic carboxylic acids is 1. The van der Waals surface area contributed by atoms with Crippen molar-refractivity contribution in [2.45, 2.75) is 36.7 Å². The first kappa shape index (κ1) is 23.3. The largest absolute Gasteiger partial charge is 0.669 e. The minimum atomic E-state index is -3.11. The molecule has 1 aliphatic carbocycles. The van der Waals surface area contributed by atoms with Gasteiger partial charge in [0.25, 0.3) is 0 Å². The van der Waals surface area contributed by atoms with E-state index < -0.39 is 30.0 Å². The number of rotatable bonds is 8. The second-order valence-corrected chi connectivity index (χ2v) is 9.25. The maximum Gasteiger partial charge on any atom is 0.434 e. The summed E-state index contributed by atoms with van der Waals surface area (Å²) in [6.07, 6.45) is 0.187. The predicted molar refractivity (Wildman–Crippen MR) is 116 cm³/mol. The first-order chi connectivity index (χ1) is 15.4. The lowest BCUT2D eigenvalue weighted by atomic mass is 9.68. The molecule has 33 heavy (non-hydrogen) atoms. The molecule has 2 fully saturated rings. The molecule has 7 N–H and O–H groups in total. The summed E-state index contributed by atoms with van der Waals surface area (Å²) in [6.45, 7) is -0.685. The number of carboxylic acids is 1. The molecular formula is C20H28BN4O8-. The number of carboxylic acid groups (broad SMARTS) is 1. The van der Waals surface area contributed by atoms with Crippen molar-refractivity contribution >= 4 is 24.5 Å². The summed E-state index contributed by atoms with van der Waals surface area (Å²) >= 11 is 0. The van der Waals surface area contributed by atoms with Crippen LogP contribution in [0.3, 0.4) is 0 Å². The van der Waals surface area contributed by atoms with E-state index in [1.807, 2.05) is 4.90 Å². The highest BCUT2D eigenvalue weighted by molar-refractivity contribution is 6.62. The van der Waals surface area contributed by atoms with Gasteiger partial charge in [-0.25, -0.2) is 4.79 Å². The third-order valence-corrected chi connectivity index (χ3v) is 6.43. The second kappa shape index (κ2) is 8.17. The maximum atomic E-state index is 12.3. The zero-order valence-electron chi connectivity index (χ0n) is 18.4. The van der Waals surface area contributed by atoms with Gasteiger partial charge in [-0.3, -0.25) is 14.5 Å². The smallest absolute Gasteiger partial charge is 0.434 e. The first-order valence-electron chi connectivity index (χ1n) is 10.8. The Hall–Kier alpha value is -2.87. The van der Waals surface area contributed by atoms with Gasteiger partial charge in [-0.2, -0.15) is 0 Å². The molecule has 0 radical (unpaired) electrons. The van der Waals surface area contributed by atoms with Gasteiger partial charge in [-0.1, -0.05) is 18.3 Å². The highest BCUT2D eigenvalue weighted by atomic mass is 16.6. The molecule has 0 unspecified atom stereocenters. The molecule has 180 valence electrons. The van der Waals surface area contributed by atoms with Gasteiger partial charge in [0.15, 0.2) is 0 Å². The van der Waals surface area contributed by atoms with Crippen molar-refractivity contribution in [3.05, 3.63) is 23.3 Å². The quantitative estimate of drug-likeness (QED) is 0.241. The summed E-state index contributed by atoms with van der Waals surface area (Å²) < 4.78 is 11.2. The summed E-state index contributed by atoms with van der Waals surface area (Å²) in [5.74, 6) is -2.61. The summed E-state index contributed by atoms with van der Waals surface area (Å²) in [5, 5.41) is 34.9. The Kier molecular flexibility index (Phi) is 5.77. The third-order valence-electron chi connectivity index (χ3n) is 6.43. The molecule has 13 heteroatoms. The van der Waals surface area contributed by atoms with Crippen molar-refractivity contribution in [2.75, 3.05) is 33.2 Å². The lowest BCUT2D eigenvalue weighted by Gasteiger charge is -2.43. The molecule has 2 heterocycles. The number of carbonyl (C=O) groups excluding carboxylic acids is 2. The van der Waals surface area contributed by atoms with Crippen LogP contribution in [0, 0.1) is 0 Å². The molecule has 4 rings (SSSR count). The van der Waals surface area contributed by atoms with Crippen molar-refractivity contribution < 1.29 is 38.9 Å². The van der Waals surface area contributed by atoms with Crippen LogP contribution in [0.2, 0.25) is 5.82 Å². The van der Waals surface area contributed by atoms with Crippen LogP contribution in [0.25, 0.3) is 0 Å². The van der Waals surface area contributed by atoms with E-state index in [4.69, 9.17) is 15.1 Å². The Morgan fingerprint density at radius 2 is 2.03 bits per heavy atom. The zero-order valence-corrected chi connectivity index (χ0v) is 18.4. The molecular weight excluding hydrogens is 435 g/mol. The molecule has 1 aromatic rings. The van der Waals surface area contributed by atoms with Gasteiger partial charge in [-0.15, -0.1) is 0 Å². The van der Waals surface area contributed by atoms with Crippen LogP contribution < -0.4 is 25.8 Å². The van der Waals surface area contributed by atoms with Crippen LogP contribution in [0.4, 0.5) is 0 Å². The number of carbonyl (C=O) groups is 3. The van der Waals surface area contributed by atoms with E-state index in [0.29, 0.717) is 25.1 Å². The van der Waals surface area contributed by atoms with E-state index >= 15 is 0 Å².